The molecule has 0 aliphatic carbocycles. The number of nitrogens with one attached hydrogen (secondary N) is 1. The van der Waals surface area contributed by atoms with Crippen LogP contribution in [0.3, 0.4) is 0 Å². The first-order valence-electron chi connectivity index (χ1n) is 12.7. The Morgan fingerprint density at radius 3 is 2.12 bits per heavy atom. The molecule has 2 atom stereocenters. The average molecular weight is 564 g/mol. The zero-order valence-corrected chi connectivity index (χ0v) is 22.1. The number of esters is 1. The van der Waals surface area contributed by atoms with E-state index in [1.807, 2.05) is 0 Å². The van der Waals surface area contributed by atoms with Crippen LogP contribution in [0.25, 0.3) is 0 Å². The third-order valence-corrected chi connectivity index (χ3v) is 6.79. The molecule has 1 saturated heterocycles. The summed E-state index contributed by atoms with van der Waals surface area (Å²) in [5.74, 6) is -2.65. The van der Waals surface area contributed by atoms with E-state index >= 15 is 0 Å². The summed E-state index contributed by atoms with van der Waals surface area (Å²) < 4.78 is 5.74. The number of phenolic OH excluding ortho intramolecular Hbond substituents is 3. The first-order valence-corrected chi connectivity index (χ1v) is 12.7. The smallest absolute Gasteiger partial charge is 0.407 e. The molecule has 0 spiro atoms. The number of likely N-dealkylation sites (tertiary alicyclic amines) is 1. The van der Waals surface area contributed by atoms with E-state index < -0.39 is 36.0 Å². The molecule has 0 saturated carbocycles. The number of amides is 3. The van der Waals surface area contributed by atoms with Gasteiger partial charge in [0.15, 0.2) is 0 Å². The minimum Gasteiger partial charge on any atom is -0.508 e. The lowest BCUT2D eigenvalue weighted by molar-refractivity contribution is 0.0179. The van der Waals surface area contributed by atoms with Gasteiger partial charge in [-0.15, -0.1) is 0 Å². The number of nitrogens with zero attached hydrogens (tertiary/aromatic N) is 2. The molecule has 0 bridgehead atoms. The number of aromatic hydroxyl groups is 3. The minimum absolute atomic E-state index is 0.0159. The fraction of sp³-hybridized carbons (Fsp3) is 0.241. The van der Waals surface area contributed by atoms with Gasteiger partial charge in [-0.3, -0.25) is 9.59 Å². The van der Waals surface area contributed by atoms with Crippen molar-refractivity contribution in [3.8, 4) is 17.2 Å². The standard InChI is InChI=1S/C29H29N3O9/c1-31(27(37)25-22(34)4-2-5-23(25)35)19-11-7-18(8-12-19)28(38)41-24-6-3-15-32(29(39)40)16-21(24)30-26(36)17-9-13-20(33)14-10-17/h2,4-5,7-14,21,24,33-35H,3,6,15-16H2,1H3,(H,30,36)(H,39,40). The maximum absolute atomic E-state index is 13.1. The number of benzene rings is 3. The van der Waals surface area contributed by atoms with Crippen LogP contribution in [-0.4, -0.2) is 81.5 Å². The first kappa shape index (κ1) is 28.7. The Balaban J connectivity index is 1.48. The van der Waals surface area contributed by atoms with Gasteiger partial charge in [0.25, 0.3) is 11.8 Å². The molecule has 0 aromatic heterocycles. The second-order valence-corrected chi connectivity index (χ2v) is 9.52. The van der Waals surface area contributed by atoms with Crippen molar-refractivity contribution in [1.82, 2.24) is 10.2 Å². The molecule has 12 heteroatoms. The van der Waals surface area contributed by atoms with Crippen LogP contribution in [0.5, 0.6) is 17.2 Å². The topological polar surface area (TPSA) is 177 Å². The Kier molecular flexibility index (Phi) is 8.61. The van der Waals surface area contributed by atoms with Crippen LogP contribution in [0.4, 0.5) is 10.5 Å². The summed E-state index contributed by atoms with van der Waals surface area (Å²) in [6.45, 7) is 0.110. The van der Waals surface area contributed by atoms with E-state index in [-0.39, 0.29) is 47.0 Å². The molecule has 3 amide bonds. The molecule has 0 radical (unpaired) electrons. The largest absolute Gasteiger partial charge is 0.508 e. The molecule has 1 heterocycles. The molecule has 2 unspecified atom stereocenters. The molecule has 1 fully saturated rings. The molecular formula is C29H29N3O9. The van der Waals surface area contributed by atoms with E-state index in [4.69, 9.17) is 4.74 Å². The van der Waals surface area contributed by atoms with Gasteiger partial charge in [-0.05, 0) is 73.5 Å². The maximum atomic E-state index is 13.1. The van der Waals surface area contributed by atoms with Gasteiger partial charge in [-0.2, -0.15) is 0 Å². The van der Waals surface area contributed by atoms with E-state index in [1.54, 1.807) is 0 Å². The van der Waals surface area contributed by atoms with Crippen molar-refractivity contribution >= 4 is 29.6 Å². The number of carboxylic acid groups (broad SMARTS) is 1. The second kappa shape index (κ2) is 12.3. The van der Waals surface area contributed by atoms with Gasteiger partial charge < -0.3 is 40.3 Å². The Morgan fingerprint density at radius 2 is 1.51 bits per heavy atom. The molecule has 3 aromatic carbocycles. The fourth-order valence-corrected chi connectivity index (χ4v) is 4.51. The van der Waals surface area contributed by atoms with Crippen LogP contribution in [0.1, 0.15) is 43.9 Å². The number of phenols is 3. The van der Waals surface area contributed by atoms with Gasteiger partial charge in [0.2, 0.25) is 0 Å². The molecule has 1 aliphatic heterocycles. The predicted octanol–water partition coefficient (Wildman–Crippen LogP) is 3.18. The van der Waals surface area contributed by atoms with E-state index in [2.05, 4.69) is 5.32 Å². The summed E-state index contributed by atoms with van der Waals surface area (Å²) in [6.07, 6.45) is -1.29. The van der Waals surface area contributed by atoms with Crippen molar-refractivity contribution in [2.24, 2.45) is 0 Å². The number of carbonyl (C=O) groups is 4. The van der Waals surface area contributed by atoms with Crippen molar-refractivity contribution < 1.29 is 44.3 Å². The summed E-state index contributed by atoms with van der Waals surface area (Å²) in [4.78, 5) is 52.8. The number of hydrogen-bond acceptors (Lipinski definition) is 8. The Hall–Kier alpha value is -5.26. The van der Waals surface area contributed by atoms with Crippen molar-refractivity contribution in [1.29, 1.82) is 0 Å². The van der Waals surface area contributed by atoms with Gasteiger partial charge in [-0.1, -0.05) is 6.07 Å². The Bertz CT molecular complexity index is 1420. The molecule has 12 nitrogen and oxygen atoms in total. The highest BCUT2D eigenvalue weighted by molar-refractivity contribution is 6.09. The number of ether oxygens (including phenoxy) is 1. The van der Waals surface area contributed by atoms with E-state index in [1.165, 1.54) is 78.7 Å². The van der Waals surface area contributed by atoms with Crippen LogP contribution >= 0.6 is 0 Å². The monoisotopic (exact) mass is 563 g/mol. The van der Waals surface area contributed by atoms with Gasteiger partial charge in [0.1, 0.15) is 28.9 Å². The summed E-state index contributed by atoms with van der Waals surface area (Å²) in [7, 11) is 1.45. The molecule has 4 rings (SSSR count). The van der Waals surface area contributed by atoms with E-state index in [0.717, 1.165) is 4.90 Å². The second-order valence-electron chi connectivity index (χ2n) is 9.52. The van der Waals surface area contributed by atoms with Crippen molar-refractivity contribution in [3.05, 3.63) is 83.4 Å². The van der Waals surface area contributed by atoms with E-state index in [9.17, 15) is 39.6 Å². The normalized spacial score (nSPS) is 16.8. The molecule has 214 valence electrons. The molecule has 5 N–H and O–H groups in total. The molecule has 1 aliphatic rings. The number of rotatable bonds is 6. The van der Waals surface area contributed by atoms with Gasteiger partial charge >= 0.3 is 12.1 Å². The first-order chi connectivity index (χ1) is 19.5. The van der Waals surface area contributed by atoms with Crippen LogP contribution in [0.15, 0.2) is 66.7 Å². The molecular weight excluding hydrogens is 534 g/mol. The molecule has 3 aromatic rings. The SMILES string of the molecule is CN(C(=O)c1c(O)cccc1O)c1ccc(C(=O)OC2CCCN(C(=O)O)CC2NC(=O)c2ccc(O)cc2)cc1. The summed E-state index contributed by atoms with van der Waals surface area (Å²) in [6, 6.07) is 14.5. The van der Waals surface area contributed by atoms with Crippen molar-refractivity contribution in [2.75, 3.05) is 25.0 Å². The quantitative estimate of drug-likeness (QED) is 0.282. The van der Waals surface area contributed by atoms with Crippen molar-refractivity contribution in [3.63, 3.8) is 0 Å². The lowest BCUT2D eigenvalue weighted by Gasteiger charge is -2.28. The van der Waals surface area contributed by atoms with E-state index in [0.29, 0.717) is 18.5 Å². The lowest BCUT2D eigenvalue weighted by atomic mass is 10.1. The zero-order valence-electron chi connectivity index (χ0n) is 22.1. The third kappa shape index (κ3) is 6.67. The number of anilines is 1. The van der Waals surface area contributed by atoms with Crippen molar-refractivity contribution in [2.45, 2.75) is 25.0 Å². The average Bonchev–Trinajstić information content (AvgIpc) is 3.15. The van der Waals surface area contributed by atoms with Crippen LogP contribution < -0.4 is 10.2 Å². The number of hydrogen-bond donors (Lipinski definition) is 5. The van der Waals surface area contributed by atoms with Gasteiger partial charge in [0, 0.05) is 31.4 Å². The van der Waals surface area contributed by atoms with Crippen LogP contribution in [0.2, 0.25) is 0 Å². The predicted molar refractivity (Wildman–Crippen MR) is 146 cm³/mol. The highest BCUT2D eigenvalue weighted by Crippen LogP contribution is 2.29. The summed E-state index contributed by atoms with van der Waals surface area (Å²) in [5, 5.41) is 41.8. The zero-order chi connectivity index (χ0) is 29.7. The summed E-state index contributed by atoms with van der Waals surface area (Å²) in [5.41, 5.74) is 0.510. The minimum atomic E-state index is -1.16. The highest BCUT2D eigenvalue weighted by Gasteiger charge is 2.33. The Labute approximate surface area is 235 Å². The van der Waals surface area contributed by atoms with Crippen LogP contribution in [0, 0.1) is 0 Å². The Morgan fingerprint density at radius 1 is 0.902 bits per heavy atom. The van der Waals surface area contributed by atoms with Gasteiger partial charge in [-0.25, -0.2) is 9.59 Å². The summed E-state index contributed by atoms with van der Waals surface area (Å²) >= 11 is 0. The molecule has 41 heavy (non-hydrogen) atoms. The maximum Gasteiger partial charge on any atom is 0.407 e. The lowest BCUT2D eigenvalue weighted by Crippen LogP contribution is -2.51. The third-order valence-electron chi connectivity index (χ3n) is 6.79. The van der Waals surface area contributed by atoms with Gasteiger partial charge in [0.05, 0.1) is 11.6 Å². The highest BCUT2D eigenvalue weighted by atomic mass is 16.5. The number of carbonyl (C=O) groups excluding carboxylic acids is 3. The fourth-order valence-electron chi connectivity index (χ4n) is 4.51. The van der Waals surface area contributed by atoms with Crippen LogP contribution in [-0.2, 0) is 4.74 Å².